The molecule has 210 valence electrons. The van der Waals surface area contributed by atoms with E-state index in [0.29, 0.717) is 54.6 Å². The largest absolute Gasteiger partial charge is 0.478 e. The van der Waals surface area contributed by atoms with E-state index in [0.717, 1.165) is 10.8 Å². The molecule has 0 radical (unpaired) electrons. The van der Waals surface area contributed by atoms with Gasteiger partial charge in [0.2, 0.25) is 6.79 Å². The molecule has 1 aliphatic rings. The van der Waals surface area contributed by atoms with Crippen LogP contribution in [0.1, 0.15) is 20.7 Å². The second-order valence-corrected chi connectivity index (χ2v) is 10.00. The number of aromatic carboxylic acids is 2. The Balaban J connectivity index is 0.000000140. The van der Waals surface area contributed by atoms with Crippen LogP contribution in [-0.2, 0) is 0 Å². The Bertz CT molecular complexity index is 2440. The maximum absolute atomic E-state index is 12.2. The molecule has 43 heavy (non-hydrogen) atoms. The minimum absolute atomic E-state index is 0.0857. The fourth-order valence-corrected chi connectivity index (χ4v) is 5.65. The molecule has 1 aliphatic heterocycles. The number of hydrogen-bond donors (Lipinski definition) is 4. The first-order valence-electron chi connectivity index (χ1n) is 13.1. The summed E-state index contributed by atoms with van der Waals surface area (Å²) in [6.07, 6.45) is 3.03. The molecule has 10 nitrogen and oxygen atoms in total. The Morgan fingerprint density at radius 3 is 1.53 bits per heavy atom. The number of hydrogen-bond acceptors (Lipinski definition) is 6. The Morgan fingerprint density at radius 1 is 0.581 bits per heavy atom. The van der Waals surface area contributed by atoms with Gasteiger partial charge in [0.25, 0.3) is 11.1 Å². The van der Waals surface area contributed by atoms with Gasteiger partial charge in [-0.3, -0.25) is 9.59 Å². The van der Waals surface area contributed by atoms with Crippen LogP contribution >= 0.6 is 0 Å². The molecule has 0 saturated carbocycles. The topological polar surface area (TPSA) is 159 Å². The third kappa shape index (κ3) is 4.20. The van der Waals surface area contributed by atoms with Gasteiger partial charge in [-0.2, -0.15) is 0 Å². The first-order chi connectivity index (χ1) is 20.8. The van der Waals surface area contributed by atoms with Crippen molar-refractivity contribution in [1.29, 1.82) is 0 Å². The molecule has 0 unspecified atom stereocenters. The normalized spacial score (nSPS) is 12.1. The molecule has 0 bridgehead atoms. The molecule has 8 rings (SSSR count). The summed E-state index contributed by atoms with van der Waals surface area (Å²) in [7, 11) is 0. The van der Waals surface area contributed by atoms with Crippen LogP contribution in [0.2, 0.25) is 0 Å². The van der Waals surface area contributed by atoms with Crippen molar-refractivity contribution < 1.29 is 29.3 Å². The van der Waals surface area contributed by atoms with E-state index in [2.05, 4.69) is 9.97 Å². The number of pyridine rings is 2. The van der Waals surface area contributed by atoms with Crippen LogP contribution in [0.3, 0.4) is 0 Å². The number of fused-ring (bicyclic) bond motifs is 8. The maximum Gasteiger partial charge on any atom is 0.336 e. The van der Waals surface area contributed by atoms with Crippen LogP contribution in [0.15, 0.2) is 94.8 Å². The third-order valence-corrected chi connectivity index (χ3v) is 7.56. The minimum Gasteiger partial charge on any atom is -0.478 e. The number of nitrogens with one attached hydrogen (secondary N) is 2. The first-order valence-corrected chi connectivity index (χ1v) is 13.1. The fourth-order valence-electron chi connectivity index (χ4n) is 5.65. The van der Waals surface area contributed by atoms with Gasteiger partial charge in [-0.15, -0.1) is 0 Å². The van der Waals surface area contributed by atoms with E-state index < -0.39 is 11.9 Å². The molecule has 0 aliphatic carbocycles. The molecule has 0 saturated heterocycles. The zero-order valence-electron chi connectivity index (χ0n) is 22.1. The molecule has 2 aromatic heterocycles. The molecule has 7 aromatic rings. The van der Waals surface area contributed by atoms with Crippen LogP contribution in [0.4, 0.5) is 0 Å². The molecular weight excluding hydrogens is 552 g/mol. The number of ether oxygens (including phenoxy) is 2. The third-order valence-electron chi connectivity index (χ3n) is 7.56. The molecule has 0 atom stereocenters. The van der Waals surface area contributed by atoms with E-state index in [1.54, 1.807) is 30.3 Å². The number of aromatic nitrogens is 2. The summed E-state index contributed by atoms with van der Waals surface area (Å²) >= 11 is 0. The highest BCUT2D eigenvalue weighted by Crippen LogP contribution is 2.39. The SMILES string of the molecule is O=C(O)c1cc2cc[nH]c(=O)c2c2cc3c(cc12)OCO3.O=C(O)c1cc2cc[nH]c(=O)c2c2cc3ccccc3cc12. The molecule has 10 heteroatoms. The lowest BCUT2D eigenvalue weighted by Crippen LogP contribution is -2.07. The number of benzene rings is 5. The number of aromatic amines is 2. The Morgan fingerprint density at radius 2 is 1.02 bits per heavy atom. The average Bonchev–Trinajstić information content (AvgIpc) is 3.46. The molecule has 5 aromatic carbocycles. The van der Waals surface area contributed by atoms with Crippen molar-refractivity contribution in [3.05, 3.63) is 117 Å². The Hall–Kier alpha value is -6.16. The van der Waals surface area contributed by atoms with Crippen LogP contribution in [0, 0.1) is 0 Å². The zero-order valence-corrected chi connectivity index (χ0v) is 22.1. The Labute approximate surface area is 240 Å². The van der Waals surface area contributed by atoms with Gasteiger partial charge in [-0.1, -0.05) is 24.3 Å². The van der Waals surface area contributed by atoms with Crippen molar-refractivity contribution in [3.8, 4) is 11.5 Å². The molecule has 0 fully saturated rings. The number of carbonyl (C=O) groups is 2. The summed E-state index contributed by atoms with van der Waals surface area (Å²) in [5.74, 6) is -1.06. The van der Waals surface area contributed by atoms with E-state index in [-0.39, 0.29) is 29.0 Å². The smallest absolute Gasteiger partial charge is 0.336 e. The maximum atomic E-state index is 12.2. The highest BCUT2D eigenvalue weighted by atomic mass is 16.7. The van der Waals surface area contributed by atoms with Crippen LogP contribution in [0.25, 0.3) is 53.9 Å². The van der Waals surface area contributed by atoms with Gasteiger partial charge in [-0.25, -0.2) is 9.59 Å². The monoisotopic (exact) mass is 572 g/mol. The van der Waals surface area contributed by atoms with Crippen molar-refractivity contribution in [3.63, 3.8) is 0 Å². The summed E-state index contributed by atoms with van der Waals surface area (Å²) in [6.45, 7) is 0.0857. The molecule has 0 amide bonds. The summed E-state index contributed by atoms with van der Waals surface area (Å²) in [6, 6.07) is 21.1. The van der Waals surface area contributed by atoms with Crippen molar-refractivity contribution in [2.45, 2.75) is 0 Å². The number of carboxylic acids is 2. The van der Waals surface area contributed by atoms with Crippen LogP contribution in [0.5, 0.6) is 11.5 Å². The Kier molecular flexibility index (Phi) is 5.84. The van der Waals surface area contributed by atoms with Gasteiger partial charge in [0, 0.05) is 17.8 Å². The van der Waals surface area contributed by atoms with Gasteiger partial charge >= 0.3 is 11.9 Å². The summed E-state index contributed by atoms with van der Waals surface area (Å²) in [5, 5.41) is 25.2. The molecular formula is C33H20N2O8. The van der Waals surface area contributed by atoms with Gasteiger partial charge in [0.15, 0.2) is 11.5 Å². The molecule has 4 N–H and O–H groups in total. The van der Waals surface area contributed by atoms with Gasteiger partial charge < -0.3 is 29.7 Å². The second-order valence-electron chi connectivity index (χ2n) is 10.00. The van der Waals surface area contributed by atoms with Crippen molar-refractivity contribution >= 4 is 65.8 Å². The molecule has 3 heterocycles. The first kappa shape index (κ1) is 25.8. The van der Waals surface area contributed by atoms with Crippen LogP contribution < -0.4 is 20.6 Å². The quantitative estimate of drug-likeness (QED) is 0.153. The number of rotatable bonds is 2. The average molecular weight is 573 g/mol. The zero-order chi connectivity index (χ0) is 29.8. The summed E-state index contributed by atoms with van der Waals surface area (Å²) in [5.41, 5.74) is -0.150. The minimum atomic E-state index is -1.05. The van der Waals surface area contributed by atoms with Gasteiger partial charge in [0.05, 0.1) is 21.9 Å². The highest BCUT2D eigenvalue weighted by Gasteiger charge is 2.20. The lowest BCUT2D eigenvalue weighted by Gasteiger charge is -2.09. The van der Waals surface area contributed by atoms with E-state index in [1.807, 2.05) is 36.4 Å². The van der Waals surface area contributed by atoms with Crippen molar-refractivity contribution in [1.82, 2.24) is 9.97 Å². The lowest BCUT2D eigenvalue weighted by molar-refractivity contribution is 0.0688. The highest BCUT2D eigenvalue weighted by molar-refractivity contribution is 6.19. The predicted octanol–water partition coefficient (Wildman–Crippen LogP) is 5.64. The van der Waals surface area contributed by atoms with Gasteiger partial charge in [0.1, 0.15) is 0 Å². The lowest BCUT2D eigenvalue weighted by atomic mass is 9.95. The summed E-state index contributed by atoms with van der Waals surface area (Å²) < 4.78 is 10.6. The van der Waals surface area contributed by atoms with E-state index >= 15 is 0 Å². The summed E-state index contributed by atoms with van der Waals surface area (Å²) in [4.78, 5) is 52.7. The second kappa shape index (κ2) is 9.74. The van der Waals surface area contributed by atoms with Crippen LogP contribution in [-0.4, -0.2) is 38.9 Å². The van der Waals surface area contributed by atoms with Crippen molar-refractivity contribution in [2.24, 2.45) is 0 Å². The van der Waals surface area contributed by atoms with Crippen molar-refractivity contribution in [2.75, 3.05) is 6.79 Å². The van der Waals surface area contributed by atoms with E-state index in [1.165, 1.54) is 18.5 Å². The fraction of sp³-hybridized carbons (Fsp3) is 0.0303. The number of H-pyrrole nitrogens is 2. The predicted molar refractivity (Wildman–Crippen MR) is 162 cm³/mol. The number of carboxylic acid groups (broad SMARTS) is 2. The molecule has 0 spiro atoms. The van der Waals surface area contributed by atoms with Gasteiger partial charge in [-0.05, 0) is 86.2 Å². The standard InChI is InChI=1S/C18H11NO3.C15H9NO5/c20-17-16-12(5-6-19-17)9-15(18(21)22)13-7-10-3-1-2-4-11(10)8-14(13)16;17-14-13-7(1-2-16-14)3-10(15(18)19)8-4-11-12(5-9(8)13)21-6-20-11/h1-9H,(H,19,20)(H,21,22);1-5H,6H2,(H,16,17)(H,18,19). The van der Waals surface area contributed by atoms with E-state index in [4.69, 9.17) is 9.47 Å². The van der Waals surface area contributed by atoms with E-state index in [9.17, 15) is 29.4 Å².